The van der Waals surface area contributed by atoms with Crippen molar-refractivity contribution in [3.63, 3.8) is 0 Å². The molecule has 0 saturated heterocycles. The van der Waals surface area contributed by atoms with Crippen molar-refractivity contribution in [3.05, 3.63) is 35.9 Å². The summed E-state index contributed by atoms with van der Waals surface area (Å²) in [6.07, 6.45) is 12.2. The van der Waals surface area contributed by atoms with E-state index in [1.165, 1.54) is 32.1 Å². The lowest BCUT2D eigenvalue weighted by Crippen LogP contribution is -1.87. The average molecular weight is 217 g/mol. The number of hydrogen-bond donors (Lipinski definition) is 1. The molecule has 0 aliphatic rings. The van der Waals surface area contributed by atoms with E-state index in [1.807, 2.05) is 18.2 Å². The van der Waals surface area contributed by atoms with Crippen LogP contribution < -0.4 is 5.73 Å². The van der Waals surface area contributed by atoms with E-state index in [0.717, 1.165) is 17.7 Å². The lowest BCUT2D eigenvalue weighted by Gasteiger charge is -1.99. The molecule has 0 aromatic heterocycles. The minimum atomic E-state index is 0.865. The van der Waals surface area contributed by atoms with E-state index < -0.39 is 0 Å². The van der Waals surface area contributed by atoms with E-state index in [0.29, 0.717) is 0 Å². The van der Waals surface area contributed by atoms with Gasteiger partial charge < -0.3 is 5.73 Å². The van der Waals surface area contributed by atoms with Gasteiger partial charge in [-0.2, -0.15) is 0 Å². The van der Waals surface area contributed by atoms with E-state index in [1.54, 1.807) is 0 Å². The van der Waals surface area contributed by atoms with Crippen LogP contribution in [0, 0.1) is 0 Å². The van der Waals surface area contributed by atoms with Gasteiger partial charge in [0.1, 0.15) is 0 Å². The van der Waals surface area contributed by atoms with E-state index in [9.17, 15) is 0 Å². The summed E-state index contributed by atoms with van der Waals surface area (Å²) in [4.78, 5) is 0. The van der Waals surface area contributed by atoms with Gasteiger partial charge in [-0.15, -0.1) is 0 Å². The highest BCUT2D eigenvalue weighted by Crippen LogP contribution is 2.13. The summed E-state index contributed by atoms with van der Waals surface area (Å²) in [7, 11) is 0. The van der Waals surface area contributed by atoms with Crippen molar-refractivity contribution in [3.8, 4) is 0 Å². The summed E-state index contributed by atoms with van der Waals surface area (Å²) in [5.41, 5.74) is 7.85. The quantitative estimate of drug-likeness (QED) is 0.522. The Hall–Kier alpha value is -1.24. The smallest absolute Gasteiger partial charge is 0.0387 e. The molecule has 0 atom stereocenters. The van der Waals surface area contributed by atoms with Crippen molar-refractivity contribution in [2.45, 2.75) is 45.4 Å². The Morgan fingerprint density at radius 2 is 1.81 bits per heavy atom. The van der Waals surface area contributed by atoms with Gasteiger partial charge in [-0.1, -0.05) is 63.0 Å². The first kappa shape index (κ1) is 12.8. The summed E-state index contributed by atoms with van der Waals surface area (Å²) >= 11 is 0. The topological polar surface area (TPSA) is 26.0 Å². The fourth-order valence-electron chi connectivity index (χ4n) is 1.74. The minimum absolute atomic E-state index is 0.865. The van der Waals surface area contributed by atoms with Crippen LogP contribution in [-0.2, 0) is 0 Å². The summed E-state index contributed by atoms with van der Waals surface area (Å²) in [5.74, 6) is 0. The fourth-order valence-corrected chi connectivity index (χ4v) is 1.74. The summed E-state index contributed by atoms with van der Waals surface area (Å²) in [5, 5.41) is 0. The molecule has 16 heavy (non-hydrogen) atoms. The third-order valence-electron chi connectivity index (χ3n) is 2.77. The Kier molecular flexibility index (Phi) is 6.39. The summed E-state index contributed by atoms with van der Waals surface area (Å²) in [6.45, 7) is 2.25. The van der Waals surface area contributed by atoms with Crippen molar-refractivity contribution in [2.24, 2.45) is 0 Å². The van der Waals surface area contributed by atoms with Gasteiger partial charge in [0, 0.05) is 5.69 Å². The maximum atomic E-state index is 5.85. The molecule has 1 nitrogen and oxygen atoms in total. The maximum Gasteiger partial charge on any atom is 0.0387 e. The van der Waals surface area contributed by atoms with Crippen LogP contribution >= 0.6 is 0 Å². The predicted octanol–water partition coefficient (Wildman–Crippen LogP) is 4.64. The highest BCUT2D eigenvalue weighted by atomic mass is 14.5. The molecular weight excluding hydrogens is 194 g/mol. The van der Waals surface area contributed by atoms with Crippen LogP contribution in [0.5, 0.6) is 0 Å². The molecule has 88 valence electrons. The number of anilines is 1. The summed E-state index contributed by atoms with van der Waals surface area (Å²) < 4.78 is 0. The highest BCUT2D eigenvalue weighted by molar-refractivity contribution is 5.63. The summed E-state index contributed by atoms with van der Waals surface area (Å²) in [6, 6.07) is 8.00. The van der Waals surface area contributed by atoms with Crippen LogP contribution in [-0.4, -0.2) is 0 Å². The molecule has 0 aliphatic carbocycles. The van der Waals surface area contributed by atoms with Crippen molar-refractivity contribution in [1.82, 2.24) is 0 Å². The van der Waals surface area contributed by atoms with Crippen molar-refractivity contribution in [2.75, 3.05) is 5.73 Å². The number of rotatable bonds is 7. The Labute approximate surface area is 99.4 Å². The SMILES string of the molecule is CCCCCCCC=Cc1ccccc1N. The van der Waals surface area contributed by atoms with Gasteiger partial charge in [-0.25, -0.2) is 0 Å². The molecule has 1 heteroatoms. The number of para-hydroxylation sites is 1. The number of nitrogens with two attached hydrogens (primary N) is 1. The van der Waals surface area contributed by atoms with Crippen LogP contribution in [0.2, 0.25) is 0 Å². The second kappa shape index (κ2) is 7.98. The van der Waals surface area contributed by atoms with Crippen LogP contribution in [0.25, 0.3) is 6.08 Å². The number of nitrogen functional groups attached to an aromatic ring is 1. The molecule has 0 spiro atoms. The van der Waals surface area contributed by atoms with Gasteiger partial charge in [0.2, 0.25) is 0 Å². The molecule has 0 radical (unpaired) electrons. The second-order valence-electron chi connectivity index (χ2n) is 4.23. The third kappa shape index (κ3) is 5.01. The van der Waals surface area contributed by atoms with Crippen molar-refractivity contribution < 1.29 is 0 Å². The minimum Gasteiger partial charge on any atom is -0.398 e. The first-order valence-electron chi connectivity index (χ1n) is 6.35. The van der Waals surface area contributed by atoms with Crippen molar-refractivity contribution >= 4 is 11.8 Å². The zero-order valence-electron chi connectivity index (χ0n) is 10.3. The third-order valence-corrected chi connectivity index (χ3v) is 2.77. The zero-order chi connectivity index (χ0) is 11.6. The maximum absolute atomic E-state index is 5.85. The zero-order valence-corrected chi connectivity index (χ0v) is 10.3. The Bertz CT molecular complexity index is 315. The molecule has 0 saturated carbocycles. The predicted molar refractivity (Wildman–Crippen MR) is 73.3 cm³/mol. The van der Waals surface area contributed by atoms with Crippen LogP contribution in [0.1, 0.15) is 51.0 Å². The van der Waals surface area contributed by atoms with Crippen molar-refractivity contribution in [1.29, 1.82) is 0 Å². The lowest BCUT2D eigenvalue weighted by molar-refractivity contribution is 0.638. The molecular formula is C15H23N. The fraction of sp³-hybridized carbons (Fsp3) is 0.467. The van der Waals surface area contributed by atoms with Gasteiger partial charge in [-0.3, -0.25) is 0 Å². The van der Waals surface area contributed by atoms with Crippen LogP contribution in [0.15, 0.2) is 30.3 Å². The number of unbranched alkanes of at least 4 members (excludes halogenated alkanes) is 5. The largest absolute Gasteiger partial charge is 0.398 e. The monoisotopic (exact) mass is 217 g/mol. The molecule has 0 bridgehead atoms. The molecule has 1 aromatic carbocycles. The van der Waals surface area contributed by atoms with Gasteiger partial charge in [0.05, 0.1) is 0 Å². The molecule has 2 N–H and O–H groups in total. The molecule has 0 aliphatic heterocycles. The molecule has 1 rings (SSSR count). The second-order valence-corrected chi connectivity index (χ2v) is 4.23. The number of allylic oxidation sites excluding steroid dienone is 1. The molecule has 0 heterocycles. The van der Waals surface area contributed by atoms with E-state index >= 15 is 0 Å². The average Bonchev–Trinajstić information content (AvgIpc) is 2.30. The van der Waals surface area contributed by atoms with Crippen LogP contribution in [0.3, 0.4) is 0 Å². The van der Waals surface area contributed by atoms with E-state index in [4.69, 9.17) is 5.73 Å². The van der Waals surface area contributed by atoms with Gasteiger partial charge in [0.25, 0.3) is 0 Å². The normalized spacial score (nSPS) is 11.1. The first-order valence-corrected chi connectivity index (χ1v) is 6.35. The van der Waals surface area contributed by atoms with Gasteiger partial charge >= 0.3 is 0 Å². The Balaban J connectivity index is 2.20. The molecule has 0 unspecified atom stereocenters. The Morgan fingerprint density at radius 3 is 2.56 bits per heavy atom. The van der Waals surface area contributed by atoms with E-state index in [-0.39, 0.29) is 0 Å². The number of benzene rings is 1. The molecule has 0 fully saturated rings. The van der Waals surface area contributed by atoms with Gasteiger partial charge in [0.15, 0.2) is 0 Å². The van der Waals surface area contributed by atoms with Crippen LogP contribution in [0.4, 0.5) is 5.69 Å². The molecule has 0 amide bonds. The van der Waals surface area contributed by atoms with E-state index in [2.05, 4.69) is 25.1 Å². The Morgan fingerprint density at radius 1 is 1.06 bits per heavy atom. The van der Waals surface area contributed by atoms with Gasteiger partial charge in [-0.05, 0) is 24.5 Å². The number of hydrogen-bond acceptors (Lipinski definition) is 1. The first-order chi connectivity index (χ1) is 7.84. The standard InChI is InChI=1S/C15H23N/c1-2-3-4-5-6-7-8-11-14-12-9-10-13-15(14)16/h8-13H,2-7,16H2,1H3. The molecule has 1 aromatic rings. The highest BCUT2D eigenvalue weighted by Gasteiger charge is 1.91. The lowest BCUT2D eigenvalue weighted by atomic mass is 10.1.